The maximum atomic E-state index is 12.8. The molecule has 0 atom stereocenters. The van der Waals surface area contributed by atoms with E-state index in [-0.39, 0.29) is 5.91 Å². The van der Waals surface area contributed by atoms with Gasteiger partial charge >= 0.3 is 0 Å². The molecule has 3 rings (SSSR count). The Hall–Kier alpha value is -1.92. The Labute approximate surface area is 140 Å². The van der Waals surface area contributed by atoms with Crippen LogP contribution in [0.5, 0.6) is 0 Å². The maximum Gasteiger partial charge on any atom is 0.256 e. The summed E-state index contributed by atoms with van der Waals surface area (Å²) in [4.78, 5) is 25.5. The largest absolute Gasteiger partial charge is 0.336 e. The number of likely N-dealkylation sites (N-methyl/N-ethyl adjacent to an activating group) is 1. The summed E-state index contributed by atoms with van der Waals surface area (Å²) in [6.07, 6.45) is 5.35. The van der Waals surface area contributed by atoms with Gasteiger partial charge in [0.1, 0.15) is 5.03 Å². The van der Waals surface area contributed by atoms with E-state index in [0.29, 0.717) is 5.56 Å². The Bertz CT molecular complexity index is 657. The van der Waals surface area contributed by atoms with Gasteiger partial charge in [-0.3, -0.25) is 9.78 Å². The van der Waals surface area contributed by atoms with Crippen molar-refractivity contribution < 1.29 is 4.79 Å². The molecular formula is C17H20N4OS. The predicted octanol–water partition coefficient (Wildman–Crippen LogP) is 2.16. The van der Waals surface area contributed by atoms with Crippen LogP contribution in [0.1, 0.15) is 15.9 Å². The van der Waals surface area contributed by atoms with E-state index < -0.39 is 0 Å². The fourth-order valence-electron chi connectivity index (χ4n) is 2.48. The van der Waals surface area contributed by atoms with Gasteiger partial charge in [-0.15, -0.1) is 11.8 Å². The van der Waals surface area contributed by atoms with Gasteiger partial charge in [0.2, 0.25) is 0 Å². The Balaban J connectivity index is 1.71. The van der Waals surface area contributed by atoms with Gasteiger partial charge in [0, 0.05) is 50.5 Å². The normalized spacial score (nSPS) is 15.6. The number of nitrogens with zero attached hydrogens (tertiary/aromatic N) is 4. The highest BCUT2D eigenvalue weighted by Crippen LogP contribution is 2.25. The molecule has 0 spiro atoms. The molecule has 1 aliphatic heterocycles. The van der Waals surface area contributed by atoms with E-state index >= 15 is 0 Å². The lowest BCUT2D eigenvalue weighted by molar-refractivity contribution is 0.0660. The lowest BCUT2D eigenvalue weighted by Crippen LogP contribution is -2.47. The van der Waals surface area contributed by atoms with E-state index in [2.05, 4.69) is 21.9 Å². The van der Waals surface area contributed by atoms with Crippen LogP contribution in [0.3, 0.4) is 0 Å². The number of carbonyl (C=O) groups is 1. The first-order chi connectivity index (χ1) is 11.2. The molecular weight excluding hydrogens is 308 g/mol. The van der Waals surface area contributed by atoms with Crippen LogP contribution in [0.25, 0.3) is 0 Å². The summed E-state index contributed by atoms with van der Waals surface area (Å²) < 4.78 is 0. The fourth-order valence-corrected chi connectivity index (χ4v) is 3.40. The van der Waals surface area contributed by atoms with Crippen molar-refractivity contribution in [3.05, 3.63) is 54.0 Å². The lowest BCUT2D eigenvalue weighted by Gasteiger charge is -2.32. The van der Waals surface area contributed by atoms with Crippen LogP contribution in [0, 0.1) is 0 Å². The second kappa shape index (κ2) is 7.57. The highest BCUT2D eigenvalue weighted by molar-refractivity contribution is 7.98. The topological polar surface area (TPSA) is 49.3 Å². The minimum absolute atomic E-state index is 0.0832. The first-order valence-electron chi connectivity index (χ1n) is 7.68. The monoisotopic (exact) mass is 328 g/mol. The molecule has 0 unspecified atom stereocenters. The summed E-state index contributed by atoms with van der Waals surface area (Å²) in [5.41, 5.74) is 1.83. The number of hydrogen-bond donors (Lipinski definition) is 0. The Morgan fingerprint density at radius 1 is 1.17 bits per heavy atom. The molecule has 1 amide bonds. The van der Waals surface area contributed by atoms with Crippen LogP contribution in [-0.4, -0.2) is 58.9 Å². The zero-order chi connectivity index (χ0) is 16.1. The molecule has 23 heavy (non-hydrogen) atoms. The van der Waals surface area contributed by atoms with E-state index in [1.807, 2.05) is 35.4 Å². The van der Waals surface area contributed by atoms with Crippen LogP contribution >= 0.6 is 11.8 Å². The van der Waals surface area contributed by atoms with Gasteiger partial charge in [0.15, 0.2) is 0 Å². The Morgan fingerprint density at radius 2 is 1.96 bits per heavy atom. The molecule has 0 N–H and O–H groups in total. The van der Waals surface area contributed by atoms with Crippen molar-refractivity contribution >= 4 is 17.7 Å². The van der Waals surface area contributed by atoms with E-state index in [1.54, 1.807) is 24.2 Å². The number of carbonyl (C=O) groups excluding carboxylic acids is 1. The van der Waals surface area contributed by atoms with E-state index in [9.17, 15) is 4.79 Å². The molecule has 3 heterocycles. The standard InChI is InChI=1S/C17H20N4OS/c1-20-8-10-21(11-9-20)17(22)15-5-3-7-19-16(15)23-13-14-4-2-6-18-12-14/h2-7,12H,8-11,13H2,1H3. The van der Waals surface area contributed by atoms with Crippen molar-refractivity contribution in [2.75, 3.05) is 33.2 Å². The van der Waals surface area contributed by atoms with E-state index in [4.69, 9.17) is 0 Å². The maximum absolute atomic E-state index is 12.8. The van der Waals surface area contributed by atoms with Gasteiger partial charge in [0.05, 0.1) is 5.56 Å². The molecule has 1 saturated heterocycles. The number of pyridine rings is 2. The third-order valence-corrected chi connectivity index (χ3v) is 4.97. The average molecular weight is 328 g/mol. The van der Waals surface area contributed by atoms with Crippen molar-refractivity contribution in [3.8, 4) is 0 Å². The molecule has 6 heteroatoms. The first kappa shape index (κ1) is 16.0. The van der Waals surface area contributed by atoms with Crippen molar-refractivity contribution in [3.63, 3.8) is 0 Å². The highest BCUT2D eigenvalue weighted by atomic mass is 32.2. The van der Waals surface area contributed by atoms with Gasteiger partial charge < -0.3 is 9.80 Å². The predicted molar refractivity (Wildman–Crippen MR) is 91.4 cm³/mol. The minimum atomic E-state index is 0.0832. The van der Waals surface area contributed by atoms with Crippen LogP contribution < -0.4 is 0 Å². The minimum Gasteiger partial charge on any atom is -0.336 e. The molecule has 0 radical (unpaired) electrons. The summed E-state index contributed by atoms with van der Waals surface area (Å²) in [7, 11) is 2.08. The zero-order valence-electron chi connectivity index (χ0n) is 13.2. The molecule has 2 aromatic heterocycles. The highest BCUT2D eigenvalue weighted by Gasteiger charge is 2.22. The second-order valence-electron chi connectivity index (χ2n) is 5.60. The number of piperazine rings is 1. The average Bonchev–Trinajstić information content (AvgIpc) is 2.61. The molecule has 0 aliphatic carbocycles. The van der Waals surface area contributed by atoms with E-state index in [1.165, 1.54) is 0 Å². The molecule has 120 valence electrons. The summed E-state index contributed by atoms with van der Waals surface area (Å²) >= 11 is 1.58. The van der Waals surface area contributed by atoms with Gasteiger partial charge in [0.25, 0.3) is 5.91 Å². The first-order valence-corrected chi connectivity index (χ1v) is 8.67. The van der Waals surface area contributed by atoms with Crippen LogP contribution in [0.15, 0.2) is 47.9 Å². The van der Waals surface area contributed by atoms with Gasteiger partial charge in [-0.1, -0.05) is 6.07 Å². The van der Waals surface area contributed by atoms with E-state index in [0.717, 1.165) is 42.5 Å². The second-order valence-corrected chi connectivity index (χ2v) is 6.57. The van der Waals surface area contributed by atoms with Crippen molar-refractivity contribution in [1.82, 2.24) is 19.8 Å². The van der Waals surface area contributed by atoms with Crippen LogP contribution in [-0.2, 0) is 5.75 Å². The molecule has 0 saturated carbocycles. The van der Waals surface area contributed by atoms with Crippen molar-refractivity contribution in [2.24, 2.45) is 0 Å². The van der Waals surface area contributed by atoms with Crippen molar-refractivity contribution in [1.29, 1.82) is 0 Å². The van der Waals surface area contributed by atoms with Crippen LogP contribution in [0.4, 0.5) is 0 Å². The quantitative estimate of drug-likeness (QED) is 0.805. The third kappa shape index (κ3) is 4.09. The van der Waals surface area contributed by atoms with Crippen molar-refractivity contribution in [2.45, 2.75) is 10.8 Å². The molecule has 2 aromatic rings. The zero-order valence-corrected chi connectivity index (χ0v) is 14.0. The number of thioether (sulfide) groups is 1. The summed E-state index contributed by atoms with van der Waals surface area (Å²) in [5.74, 6) is 0.841. The Morgan fingerprint density at radius 3 is 2.70 bits per heavy atom. The number of rotatable bonds is 4. The van der Waals surface area contributed by atoms with Crippen LogP contribution in [0.2, 0.25) is 0 Å². The molecule has 5 nitrogen and oxygen atoms in total. The molecule has 0 bridgehead atoms. The lowest BCUT2D eigenvalue weighted by atomic mass is 10.2. The van der Waals surface area contributed by atoms with Gasteiger partial charge in [-0.25, -0.2) is 4.98 Å². The number of hydrogen-bond acceptors (Lipinski definition) is 5. The summed E-state index contributed by atoms with van der Waals surface area (Å²) in [6, 6.07) is 7.66. The third-order valence-electron chi connectivity index (χ3n) is 3.89. The van der Waals surface area contributed by atoms with Gasteiger partial charge in [-0.05, 0) is 30.8 Å². The smallest absolute Gasteiger partial charge is 0.256 e. The van der Waals surface area contributed by atoms with Gasteiger partial charge in [-0.2, -0.15) is 0 Å². The number of aromatic nitrogens is 2. The fraction of sp³-hybridized carbons (Fsp3) is 0.353. The Kier molecular flexibility index (Phi) is 5.25. The number of amides is 1. The molecule has 1 aliphatic rings. The molecule has 1 fully saturated rings. The summed E-state index contributed by atoms with van der Waals surface area (Å²) in [5, 5.41) is 0.792. The SMILES string of the molecule is CN1CCN(C(=O)c2cccnc2SCc2cccnc2)CC1. The molecule has 0 aromatic carbocycles. The summed E-state index contributed by atoms with van der Waals surface area (Å²) in [6.45, 7) is 3.39.